The van der Waals surface area contributed by atoms with E-state index in [9.17, 15) is 9.59 Å². The monoisotopic (exact) mass is 420 g/mol. The molecule has 0 radical (unpaired) electrons. The fourth-order valence-electron chi connectivity index (χ4n) is 4.78. The summed E-state index contributed by atoms with van der Waals surface area (Å²) in [6.45, 7) is 4.16. The average molecular weight is 421 g/mol. The van der Waals surface area contributed by atoms with Crippen molar-refractivity contribution in [2.24, 2.45) is 17.3 Å². The summed E-state index contributed by atoms with van der Waals surface area (Å²) in [7, 11) is 0. The van der Waals surface area contributed by atoms with Crippen LogP contribution in [0.1, 0.15) is 44.7 Å². The summed E-state index contributed by atoms with van der Waals surface area (Å²) in [5.74, 6) is -0.141. The lowest BCUT2D eigenvalue weighted by Crippen LogP contribution is -2.44. The molecule has 2 aromatic carbocycles. The van der Waals surface area contributed by atoms with Gasteiger partial charge in [-0.2, -0.15) is 0 Å². The molecule has 154 valence electrons. The number of rotatable bonds is 2. The van der Waals surface area contributed by atoms with Gasteiger partial charge in [-0.05, 0) is 48.1 Å². The number of benzene rings is 2. The number of anilines is 2. The van der Waals surface area contributed by atoms with Crippen LogP contribution < -0.4 is 10.2 Å². The molecule has 2 aromatic rings. The Hall–Kier alpha value is -2.59. The highest BCUT2D eigenvalue weighted by molar-refractivity contribution is 6.30. The molecule has 3 aliphatic rings. The second kappa shape index (κ2) is 6.98. The standard InChI is InChI=1S/C25H25ClN2O2/c1-25(2)13-19-22(21(29)14-25)23(15-9-11-17(26)12-10-15)28(24(30)16-7-8-16)20-6-4-3-5-18(20)27-19/h3-6,9-13,16,22-23,27H,7-8,14H2,1-2H3. The predicted molar refractivity (Wildman–Crippen MR) is 119 cm³/mol. The van der Waals surface area contributed by atoms with Crippen LogP contribution in [-0.4, -0.2) is 11.7 Å². The largest absolute Gasteiger partial charge is 0.357 e. The molecule has 0 bridgehead atoms. The van der Waals surface area contributed by atoms with Gasteiger partial charge in [0.25, 0.3) is 0 Å². The minimum atomic E-state index is -0.436. The van der Waals surface area contributed by atoms with Crippen molar-refractivity contribution in [3.05, 3.63) is 70.9 Å². The number of carbonyl (C=O) groups is 2. The Morgan fingerprint density at radius 1 is 1.10 bits per heavy atom. The van der Waals surface area contributed by atoms with Crippen LogP contribution in [0.4, 0.5) is 11.4 Å². The maximum Gasteiger partial charge on any atom is 0.230 e. The van der Waals surface area contributed by atoms with Gasteiger partial charge >= 0.3 is 0 Å². The first-order valence-electron chi connectivity index (χ1n) is 10.5. The molecule has 1 heterocycles. The van der Waals surface area contributed by atoms with Gasteiger partial charge in [0.2, 0.25) is 5.91 Å². The average Bonchev–Trinajstić information content (AvgIpc) is 3.53. The number of nitrogens with one attached hydrogen (secondary N) is 1. The summed E-state index contributed by atoms with van der Waals surface area (Å²) < 4.78 is 0. The SMILES string of the molecule is CC1(C)C=C2Nc3ccccc3N(C(=O)C3CC3)C(c3ccc(Cl)cc3)C2C(=O)C1. The Balaban J connectivity index is 1.76. The Morgan fingerprint density at radius 3 is 2.50 bits per heavy atom. The number of amides is 1. The van der Waals surface area contributed by atoms with Crippen molar-refractivity contribution in [3.63, 3.8) is 0 Å². The van der Waals surface area contributed by atoms with Crippen molar-refractivity contribution in [1.29, 1.82) is 0 Å². The fourth-order valence-corrected chi connectivity index (χ4v) is 4.91. The van der Waals surface area contributed by atoms with Gasteiger partial charge in [0.1, 0.15) is 5.78 Å². The van der Waals surface area contributed by atoms with Crippen molar-refractivity contribution < 1.29 is 9.59 Å². The third-order valence-corrected chi connectivity index (χ3v) is 6.52. The zero-order valence-electron chi connectivity index (χ0n) is 17.2. The Morgan fingerprint density at radius 2 is 1.80 bits per heavy atom. The Kier molecular flexibility index (Phi) is 4.51. The van der Waals surface area contributed by atoms with Crippen LogP contribution in [0.3, 0.4) is 0 Å². The van der Waals surface area contributed by atoms with Crippen molar-refractivity contribution in [2.75, 3.05) is 10.2 Å². The first-order valence-corrected chi connectivity index (χ1v) is 10.9. The number of halogens is 1. The molecule has 5 heteroatoms. The van der Waals surface area contributed by atoms with Crippen molar-refractivity contribution >= 4 is 34.7 Å². The second-order valence-electron chi connectivity index (χ2n) is 9.33. The number of ketones is 1. The molecular weight excluding hydrogens is 396 g/mol. The number of hydrogen-bond donors (Lipinski definition) is 1. The van der Waals surface area contributed by atoms with Gasteiger partial charge in [-0.15, -0.1) is 0 Å². The smallest absolute Gasteiger partial charge is 0.230 e. The minimum absolute atomic E-state index is 0.0357. The van der Waals surface area contributed by atoms with E-state index in [0.717, 1.165) is 35.5 Å². The lowest BCUT2D eigenvalue weighted by atomic mass is 9.72. The summed E-state index contributed by atoms with van der Waals surface area (Å²) in [6.07, 6.45) is 4.44. The number of para-hydroxylation sites is 2. The molecule has 1 N–H and O–H groups in total. The highest BCUT2D eigenvalue weighted by atomic mass is 35.5. The van der Waals surface area contributed by atoms with Gasteiger partial charge in [0.05, 0.1) is 23.3 Å². The Bertz CT molecular complexity index is 1050. The number of nitrogens with zero attached hydrogens (tertiary/aromatic N) is 1. The van der Waals surface area contributed by atoms with Crippen molar-refractivity contribution in [2.45, 2.75) is 39.2 Å². The molecule has 1 saturated carbocycles. The summed E-state index contributed by atoms with van der Waals surface area (Å²) in [5, 5.41) is 4.16. The van der Waals surface area contributed by atoms with E-state index in [4.69, 9.17) is 11.6 Å². The number of hydrogen-bond acceptors (Lipinski definition) is 3. The molecule has 2 aliphatic carbocycles. The van der Waals surface area contributed by atoms with Gasteiger partial charge in [0, 0.05) is 23.1 Å². The molecule has 1 aliphatic heterocycles. The quantitative estimate of drug-likeness (QED) is 0.673. The minimum Gasteiger partial charge on any atom is -0.357 e. The first-order chi connectivity index (χ1) is 14.3. The summed E-state index contributed by atoms with van der Waals surface area (Å²) in [4.78, 5) is 29.0. The summed E-state index contributed by atoms with van der Waals surface area (Å²) in [5.41, 5.74) is 3.27. The molecule has 2 atom stereocenters. The third kappa shape index (κ3) is 3.33. The molecule has 5 rings (SSSR count). The fraction of sp³-hybridized carbons (Fsp3) is 0.360. The topological polar surface area (TPSA) is 49.4 Å². The van der Waals surface area contributed by atoms with Crippen molar-refractivity contribution in [3.8, 4) is 0 Å². The number of carbonyl (C=O) groups excluding carboxylic acids is 2. The van der Waals surface area contributed by atoms with Crippen LogP contribution in [-0.2, 0) is 9.59 Å². The third-order valence-electron chi connectivity index (χ3n) is 6.27. The van der Waals surface area contributed by atoms with Crippen LogP contribution in [0.15, 0.2) is 60.3 Å². The maximum atomic E-state index is 13.6. The van der Waals surface area contributed by atoms with Crippen LogP contribution >= 0.6 is 11.6 Å². The molecule has 0 aromatic heterocycles. The van der Waals surface area contributed by atoms with Gasteiger partial charge in [-0.25, -0.2) is 0 Å². The second-order valence-corrected chi connectivity index (χ2v) is 9.77. The summed E-state index contributed by atoms with van der Waals surface area (Å²) in [6, 6.07) is 15.0. The highest BCUT2D eigenvalue weighted by Gasteiger charge is 2.48. The van der Waals surface area contributed by atoms with Crippen LogP contribution in [0.2, 0.25) is 5.02 Å². The number of allylic oxidation sites excluding steroid dienone is 1. The van der Waals surface area contributed by atoms with E-state index in [1.165, 1.54) is 0 Å². The van der Waals surface area contributed by atoms with E-state index >= 15 is 0 Å². The van der Waals surface area contributed by atoms with E-state index in [-0.39, 0.29) is 23.0 Å². The van der Waals surface area contributed by atoms with Gasteiger partial charge in [-0.3, -0.25) is 9.59 Å². The molecule has 4 nitrogen and oxygen atoms in total. The molecule has 1 amide bonds. The van der Waals surface area contributed by atoms with E-state index in [1.807, 2.05) is 53.4 Å². The van der Waals surface area contributed by atoms with E-state index in [1.54, 1.807) is 0 Å². The van der Waals surface area contributed by atoms with Crippen LogP contribution in [0.25, 0.3) is 0 Å². The van der Waals surface area contributed by atoms with E-state index in [2.05, 4.69) is 25.2 Å². The first kappa shape index (κ1) is 19.4. The van der Waals surface area contributed by atoms with E-state index in [0.29, 0.717) is 11.4 Å². The molecule has 30 heavy (non-hydrogen) atoms. The normalized spacial score (nSPS) is 24.8. The maximum absolute atomic E-state index is 13.6. The predicted octanol–water partition coefficient (Wildman–Crippen LogP) is 5.75. The zero-order valence-corrected chi connectivity index (χ0v) is 17.9. The lowest BCUT2D eigenvalue weighted by molar-refractivity contribution is -0.125. The Labute approximate surface area is 181 Å². The van der Waals surface area contributed by atoms with Gasteiger partial charge < -0.3 is 10.2 Å². The molecule has 0 spiro atoms. The van der Waals surface area contributed by atoms with E-state index < -0.39 is 12.0 Å². The number of Topliss-reactive ketones (excluding diaryl/α,β-unsaturated/α-hetero) is 1. The summed E-state index contributed by atoms with van der Waals surface area (Å²) >= 11 is 6.16. The highest BCUT2D eigenvalue weighted by Crippen LogP contribution is 2.50. The number of fused-ring (bicyclic) bond motifs is 2. The van der Waals surface area contributed by atoms with Gasteiger partial charge in [-0.1, -0.05) is 55.8 Å². The van der Waals surface area contributed by atoms with Crippen LogP contribution in [0, 0.1) is 17.3 Å². The van der Waals surface area contributed by atoms with Crippen LogP contribution in [0.5, 0.6) is 0 Å². The molecule has 1 fully saturated rings. The molecular formula is C25H25ClN2O2. The lowest BCUT2D eigenvalue weighted by Gasteiger charge is -2.39. The van der Waals surface area contributed by atoms with Gasteiger partial charge in [0.15, 0.2) is 0 Å². The molecule has 2 unspecified atom stereocenters. The zero-order chi connectivity index (χ0) is 21.0. The molecule has 0 saturated heterocycles. The van der Waals surface area contributed by atoms with Crippen molar-refractivity contribution in [1.82, 2.24) is 0 Å².